The molecule has 1 atom stereocenters. The first-order chi connectivity index (χ1) is 12.8. The predicted molar refractivity (Wildman–Crippen MR) is 105 cm³/mol. The van der Waals surface area contributed by atoms with Gasteiger partial charge in [-0.1, -0.05) is 44.9 Å². The molecule has 3 rings (SSSR count). The van der Waals surface area contributed by atoms with Crippen LogP contribution in [0.2, 0.25) is 0 Å². The van der Waals surface area contributed by atoms with Crippen molar-refractivity contribution in [3.05, 3.63) is 30.3 Å². The summed E-state index contributed by atoms with van der Waals surface area (Å²) in [5.74, 6) is -2.00. The molecule has 0 N–H and O–H groups in total. The van der Waals surface area contributed by atoms with Gasteiger partial charge in [-0.3, -0.25) is 9.59 Å². The quantitative estimate of drug-likeness (QED) is 0.670. The Bertz CT molecular complexity index is 840. The van der Waals surface area contributed by atoms with Crippen molar-refractivity contribution in [2.75, 3.05) is 10.8 Å². The number of benzene rings is 1. The molecule has 1 unspecified atom stereocenters. The molecule has 1 aromatic rings. The summed E-state index contributed by atoms with van der Waals surface area (Å²) in [5.41, 5.74) is 1.11. The van der Waals surface area contributed by atoms with Gasteiger partial charge in [0.25, 0.3) is 5.91 Å². The number of ketones is 1. The van der Waals surface area contributed by atoms with Gasteiger partial charge >= 0.3 is 0 Å². The molecule has 0 bridgehead atoms. The highest BCUT2D eigenvalue weighted by Gasteiger charge is 2.42. The van der Waals surface area contributed by atoms with E-state index in [0.717, 1.165) is 12.8 Å². The van der Waals surface area contributed by atoms with E-state index in [-0.39, 0.29) is 29.1 Å². The van der Waals surface area contributed by atoms with Crippen LogP contribution < -0.4 is 5.01 Å². The van der Waals surface area contributed by atoms with Gasteiger partial charge in [0, 0.05) is 6.42 Å². The SMILES string of the molecule is CC(C)C1=NN(c2ccccc2)C(=O)C1C(=O)CCS(=O)(=O)C1CCCC1. The number of amides is 1. The Morgan fingerprint density at radius 1 is 1.19 bits per heavy atom. The average Bonchev–Trinajstić information content (AvgIpc) is 3.29. The van der Waals surface area contributed by atoms with Gasteiger partial charge in [0.15, 0.2) is 15.6 Å². The number of Topliss-reactive ketones (excluding diaryl/α,β-unsaturated/α-hetero) is 1. The molecule has 7 heteroatoms. The van der Waals surface area contributed by atoms with Gasteiger partial charge in [0.2, 0.25) is 0 Å². The van der Waals surface area contributed by atoms with Crippen LogP contribution in [0.4, 0.5) is 5.69 Å². The Morgan fingerprint density at radius 3 is 2.41 bits per heavy atom. The summed E-state index contributed by atoms with van der Waals surface area (Å²) in [6, 6.07) is 8.97. The number of sulfone groups is 1. The van der Waals surface area contributed by atoms with E-state index in [0.29, 0.717) is 24.2 Å². The van der Waals surface area contributed by atoms with Crippen molar-refractivity contribution < 1.29 is 18.0 Å². The summed E-state index contributed by atoms with van der Waals surface area (Å²) in [6.07, 6.45) is 3.08. The minimum atomic E-state index is -3.29. The fourth-order valence-corrected chi connectivity index (χ4v) is 5.65. The lowest BCUT2D eigenvalue weighted by Crippen LogP contribution is -2.36. The summed E-state index contributed by atoms with van der Waals surface area (Å²) >= 11 is 0. The van der Waals surface area contributed by atoms with E-state index < -0.39 is 21.7 Å². The van der Waals surface area contributed by atoms with Gasteiger partial charge in [-0.2, -0.15) is 10.1 Å². The zero-order valence-electron chi connectivity index (χ0n) is 15.8. The molecule has 1 fully saturated rings. The number of carbonyl (C=O) groups excluding carboxylic acids is 2. The molecule has 0 aromatic heterocycles. The van der Waals surface area contributed by atoms with Crippen LogP contribution in [0.15, 0.2) is 35.4 Å². The van der Waals surface area contributed by atoms with Crippen molar-refractivity contribution in [1.82, 2.24) is 0 Å². The predicted octanol–water partition coefficient (Wildman–Crippen LogP) is 2.98. The fourth-order valence-electron chi connectivity index (χ4n) is 3.78. The number of hydrazone groups is 1. The molecular weight excluding hydrogens is 364 g/mol. The Balaban J connectivity index is 1.75. The highest BCUT2D eigenvalue weighted by atomic mass is 32.2. The first kappa shape index (κ1) is 19.7. The van der Waals surface area contributed by atoms with E-state index in [1.807, 2.05) is 19.9 Å². The van der Waals surface area contributed by atoms with Gasteiger partial charge in [-0.25, -0.2) is 8.42 Å². The molecule has 0 saturated heterocycles. The molecule has 1 heterocycles. The maximum atomic E-state index is 12.9. The molecule has 0 spiro atoms. The Labute approximate surface area is 160 Å². The van der Waals surface area contributed by atoms with Crippen molar-refractivity contribution >= 4 is 32.9 Å². The molecule has 2 aliphatic rings. The van der Waals surface area contributed by atoms with Gasteiger partial charge in [-0.05, 0) is 30.9 Å². The Kier molecular flexibility index (Phi) is 5.79. The van der Waals surface area contributed by atoms with Gasteiger partial charge in [0.1, 0.15) is 5.92 Å². The van der Waals surface area contributed by atoms with Crippen molar-refractivity contribution in [1.29, 1.82) is 0 Å². The summed E-state index contributed by atoms with van der Waals surface area (Å²) in [7, 11) is -3.29. The molecule has 27 heavy (non-hydrogen) atoms. The average molecular weight is 391 g/mol. The summed E-state index contributed by atoms with van der Waals surface area (Å²) in [4.78, 5) is 25.7. The smallest absolute Gasteiger partial charge is 0.263 e. The second-order valence-corrected chi connectivity index (χ2v) is 9.99. The Hall–Kier alpha value is -2.02. The van der Waals surface area contributed by atoms with Crippen LogP contribution in [0.5, 0.6) is 0 Å². The molecule has 1 amide bonds. The van der Waals surface area contributed by atoms with Crippen molar-refractivity contribution in [2.24, 2.45) is 16.9 Å². The maximum absolute atomic E-state index is 12.9. The molecule has 1 aliphatic heterocycles. The third-order valence-electron chi connectivity index (χ3n) is 5.32. The highest BCUT2D eigenvalue weighted by molar-refractivity contribution is 7.92. The van der Waals surface area contributed by atoms with Crippen LogP contribution in [0.3, 0.4) is 0 Å². The van der Waals surface area contributed by atoms with Crippen molar-refractivity contribution in [2.45, 2.75) is 51.2 Å². The van der Waals surface area contributed by atoms with E-state index in [9.17, 15) is 18.0 Å². The first-order valence-electron chi connectivity index (χ1n) is 9.53. The van der Waals surface area contributed by atoms with Crippen LogP contribution in [-0.2, 0) is 19.4 Å². The minimum Gasteiger partial charge on any atom is -0.298 e. The minimum absolute atomic E-state index is 0.0805. The van der Waals surface area contributed by atoms with Crippen LogP contribution in [0, 0.1) is 11.8 Å². The van der Waals surface area contributed by atoms with Crippen LogP contribution in [0.25, 0.3) is 0 Å². The van der Waals surface area contributed by atoms with E-state index >= 15 is 0 Å². The van der Waals surface area contributed by atoms with E-state index in [2.05, 4.69) is 5.10 Å². The highest BCUT2D eigenvalue weighted by Crippen LogP contribution is 2.29. The number of anilines is 1. The standard InChI is InChI=1S/C20H26N2O4S/c1-14(2)19-18(20(24)22(21-19)15-8-4-3-5-9-15)17(23)12-13-27(25,26)16-10-6-7-11-16/h3-5,8-9,14,16,18H,6-7,10-13H2,1-2H3. The number of hydrogen-bond donors (Lipinski definition) is 0. The molecule has 6 nitrogen and oxygen atoms in total. The number of nitrogens with zero attached hydrogens (tertiary/aromatic N) is 2. The topological polar surface area (TPSA) is 83.9 Å². The third-order valence-corrected chi connectivity index (χ3v) is 7.58. The summed E-state index contributed by atoms with van der Waals surface area (Å²) < 4.78 is 24.9. The largest absolute Gasteiger partial charge is 0.298 e. The number of rotatable bonds is 7. The Morgan fingerprint density at radius 2 is 1.81 bits per heavy atom. The zero-order chi connectivity index (χ0) is 19.6. The second kappa shape index (κ2) is 7.92. The first-order valence-corrected chi connectivity index (χ1v) is 11.2. The molecule has 1 aromatic carbocycles. The van der Waals surface area contributed by atoms with Crippen LogP contribution in [0.1, 0.15) is 46.0 Å². The lowest BCUT2D eigenvalue weighted by Gasteiger charge is -2.15. The number of hydrogen-bond acceptors (Lipinski definition) is 5. The zero-order valence-corrected chi connectivity index (χ0v) is 16.6. The normalized spacial score (nSPS) is 21.1. The van der Waals surface area contributed by atoms with E-state index in [1.165, 1.54) is 5.01 Å². The van der Waals surface area contributed by atoms with E-state index in [4.69, 9.17) is 0 Å². The monoisotopic (exact) mass is 390 g/mol. The number of para-hydroxylation sites is 1. The van der Waals surface area contributed by atoms with E-state index in [1.54, 1.807) is 24.3 Å². The lowest BCUT2D eigenvalue weighted by molar-refractivity contribution is -0.128. The molecule has 146 valence electrons. The van der Waals surface area contributed by atoms with Crippen molar-refractivity contribution in [3.8, 4) is 0 Å². The third kappa shape index (κ3) is 4.13. The van der Waals surface area contributed by atoms with Crippen LogP contribution >= 0.6 is 0 Å². The molecule has 1 aliphatic carbocycles. The lowest BCUT2D eigenvalue weighted by atomic mass is 9.90. The van der Waals surface area contributed by atoms with Gasteiger partial charge < -0.3 is 0 Å². The second-order valence-electron chi connectivity index (χ2n) is 7.59. The van der Waals surface area contributed by atoms with Gasteiger partial charge in [0.05, 0.1) is 22.4 Å². The fraction of sp³-hybridized carbons (Fsp3) is 0.550. The van der Waals surface area contributed by atoms with Gasteiger partial charge in [-0.15, -0.1) is 0 Å². The summed E-state index contributed by atoms with van der Waals surface area (Å²) in [5, 5.41) is 5.33. The molecule has 1 saturated carbocycles. The summed E-state index contributed by atoms with van der Waals surface area (Å²) in [6.45, 7) is 3.77. The molecule has 0 radical (unpaired) electrons. The van der Waals surface area contributed by atoms with Crippen LogP contribution in [-0.4, -0.2) is 36.8 Å². The number of carbonyl (C=O) groups is 2. The maximum Gasteiger partial charge on any atom is 0.263 e. The van der Waals surface area contributed by atoms with Crippen molar-refractivity contribution in [3.63, 3.8) is 0 Å². The molecular formula is C20H26N2O4S.